The molecule has 18 heavy (non-hydrogen) atoms. The molecule has 1 aromatic rings. The first kappa shape index (κ1) is 13.3. The van der Waals surface area contributed by atoms with Crippen molar-refractivity contribution in [3.8, 4) is 6.07 Å². The topological polar surface area (TPSA) is 47.3 Å². The average molecular weight is 262 g/mol. The van der Waals surface area contributed by atoms with Crippen molar-refractivity contribution in [3.63, 3.8) is 0 Å². The summed E-state index contributed by atoms with van der Waals surface area (Å²) < 4.78 is 0. The molecule has 0 atom stereocenters. The van der Waals surface area contributed by atoms with Gasteiger partial charge in [0.2, 0.25) is 0 Å². The second-order valence-corrected chi connectivity index (χ2v) is 5.32. The number of aliphatic hydroxyl groups excluding tert-OH is 1. The van der Waals surface area contributed by atoms with Crippen molar-refractivity contribution >= 4 is 17.4 Å². The van der Waals surface area contributed by atoms with Crippen LogP contribution in [0.1, 0.15) is 24.8 Å². The average Bonchev–Trinajstić information content (AvgIpc) is 2.35. The number of nitriles is 1. The lowest BCUT2D eigenvalue weighted by Crippen LogP contribution is -2.42. The van der Waals surface area contributed by atoms with Crippen molar-refractivity contribution in [2.24, 2.45) is 0 Å². The highest BCUT2D eigenvalue weighted by Crippen LogP contribution is 2.34. The van der Waals surface area contributed by atoms with Gasteiger partial charge in [0, 0.05) is 17.5 Å². The lowest BCUT2D eigenvalue weighted by atomic mass is 9.90. The zero-order chi connectivity index (χ0) is 13.0. The van der Waals surface area contributed by atoms with Crippen molar-refractivity contribution in [1.82, 2.24) is 0 Å². The van der Waals surface area contributed by atoms with Gasteiger partial charge in [-0.1, -0.05) is 6.07 Å². The number of benzene rings is 1. The minimum atomic E-state index is 0.130. The Morgan fingerprint density at radius 1 is 1.50 bits per heavy atom. The van der Waals surface area contributed by atoms with Crippen molar-refractivity contribution in [1.29, 1.82) is 5.26 Å². The van der Waals surface area contributed by atoms with E-state index < -0.39 is 0 Å². The molecule has 0 spiro atoms. The number of hydrogen-bond acceptors (Lipinski definition) is 4. The van der Waals surface area contributed by atoms with Crippen LogP contribution in [0.5, 0.6) is 0 Å². The first-order chi connectivity index (χ1) is 8.81. The molecule has 1 aliphatic carbocycles. The Hall–Kier alpha value is -1.18. The molecule has 0 bridgehead atoms. The predicted molar refractivity (Wildman–Crippen MR) is 75.0 cm³/mol. The van der Waals surface area contributed by atoms with E-state index in [1.54, 1.807) is 11.8 Å². The molecule has 3 nitrogen and oxygen atoms in total. The number of rotatable bonds is 5. The van der Waals surface area contributed by atoms with E-state index in [1.807, 2.05) is 24.5 Å². The minimum absolute atomic E-state index is 0.130. The summed E-state index contributed by atoms with van der Waals surface area (Å²) in [4.78, 5) is 3.21. The summed E-state index contributed by atoms with van der Waals surface area (Å²) in [5.41, 5.74) is 1.72. The lowest BCUT2D eigenvalue weighted by molar-refractivity contribution is 0.283. The van der Waals surface area contributed by atoms with Crippen LogP contribution in [-0.2, 0) is 0 Å². The van der Waals surface area contributed by atoms with Crippen LogP contribution in [0.15, 0.2) is 23.1 Å². The summed E-state index contributed by atoms with van der Waals surface area (Å²) >= 11 is 1.60. The number of nitrogens with zero attached hydrogens (tertiary/aromatic N) is 2. The molecule has 0 aromatic heterocycles. The van der Waals surface area contributed by atoms with Gasteiger partial charge in [-0.05, 0) is 37.7 Å². The van der Waals surface area contributed by atoms with Gasteiger partial charge in [-0.3, -0.25) is 0 Å². The Kier molecular flexibility index (Phi) is 4.51. The normalized spacial score (nSPS) is 14.9. The van der Waals surface area contributed by atoms with E-state index in [0.29, 0.717) is 12.6 Å². The van der Waals surface area contributed by atoms with Gasteiger partial charge < -0.3 is 10.0 Å². The van der Waals surface area contributed by atoms with Crippen molar-refractivity contribution in [3.05, 3.63) is 23.8 Å². The van der Waals surface area contributed by atoms with Crippen LogP contribution in [0.25, 0.3) is 0 Å². The van der Waals surface area contributed by atoms with Crippen molar-refractivity contribution in [2.75, 3.05) is 24.3 Å². The molecule has 2 rings (SSSR count). The summed E-state index contributed by atoms with van der Waals surface area (Å²) in [6.07, 6.45) is 5.55. The summed E-state index contributed by atoms with van der Waals surface area (Å²) in [5, 5.41) is 18.6. The monoisotopic (exact) mass is 262 g/mol. The Labute approximate surface area is 112 Å². The highest BCUT2D eigenvalue weighted by atomic mass is 32.2. The number of hydrogen-bond donors (Lipinski definition) is 1. The summed E-state index contributed by atoms with van der Waals surface area (Å²) in [7, 11) is 0. The molecule has 1 saturated carbocycles. The summed E-state index contributed by atoms with van der Waals surface area (Å²) in [6, 6.07) is 8.76. The number of aliphatic hydroxyl groups is 1. The van der Waals surface area contributed by atoms with Gasteiger partial charge in [0.1, 0.15) is 6.07 Å². The van der Waals surface area contributed by atoms with Gasteiger partial charge in [-0.2, -0.15) is 5.26 Å². The van der Waals surface area contributed by atoms with Crippen LogP contribution in [0.3, 0.4) is 0 Å². The Balaban J connectivity index is 2.37. The van der Waals surface area contributed by atoms with E-state index in [4.69, 9.17) is 0 Å². The Morgan fingerprint density at radius 2 is 2.28 bits per heavy atom. The van der Waals surface area contributed by atoms with E-state index in [-0.39, 0.29) is 6.61 Å². The van der Waals surface area contributed by atoms with Crippen LogP contribution in [0.4, 0.5) is 5.69 Å². The van der Waals surface area contributed by atoms with E-state index in [9.17, 15) is 10.4 Å². The smallest absolute Gasteiger partial charge is 0.103 e. The molecule has 0 amide bonds. The van der Waals surface area contributed by atoms with Crippen LogP contribution in [-0.4, -0.2) is 30.6 Å². The molecule has 96 valence electrons. The molecule has 0 radical (unpaired) electrons. The molecule has 0 saturated heterocycles. The second-order valence-electron chi connectivity index (χ2n) is 4.47. The van der Waals surface area contributed by atoms with Gasteiger partial charge in [0.05, 0.1) is 17.9 Å². The van der Waals surface area contributed by atoms with E-state index in [2.05, 4.69) is 11.0 Å². The van der Waals surface area contributed by atoms with E-state index in [0.717, 1.165) is 29.0 Å². The third-order valence-electron chi connectivity index (χ3n) is 3.50. The molecular formula is C14H18N2OS. The number of anilines is 1. The van der Waals surface area contributed by atoms with E-state index in [1.165, 1.54) is 6.42 Å². The summed E-state index contributed by atoms with van der Waals surface area (Å²) in [6.45, 7) is 0.738. The second kappa shape index (κ2) is 6.12. The molecule has 0 heterocycles. The minimum Gasteiger partial charge on any atom is -0.395 e. The van der Waals surface area contributed by atoms with Crippen molar-refractivity contribution < 1.29 is 5.11 Å². The molecule has 0 unspecified atom stereocenters. The van der Waals surface area contributed by atoms with Gasteiger partial charge in [0.15, 0.2) is 0 Å². The maximum Gasteiger partial charge on any atom is 0.103 e. The van der Waals surface area contributed by atoms with Crippen LogP contribution >= 0.6 is 11.8 Å². The standard InChI is InChI=1S/C14H18N2OS/c1-18-14-7-3-6-13(12(14)10-15)16(8-9-17)11-4-2-5-11/h3,6-7,11,17H,2,4-5,8-9H2,1H3. The fourth-order valence-corrected chi connectivity index (χ4v) is 2.92. The maximum atomic E-state index is 9.37. The van der Waals surface area contributed by atoms with Crippen LogP contribution in [0.2, 0.25) is 0 Å². The van der Waals surface area contributed by atoms with Gasteiger partial charge in [-0.15, -0.1) is 11.8 Å². The molecular weight excluding hydrogens is 244 g/mol. The van der Waals surface area contributed by atoms with Gasteiger partial charge in [0.25, 0.3) is 0 Å². The van der Waals surface area contributed by atoms with Crippen LogP contribution < -0.4 is 4.90 Å². The molecule has 1 aromatic carbocycles. The predicted octanol–water partition coefficient (Wildman–Crippen LogP) is 2.63. The zero-order valence-electron chi connectivity index (χ0n) is 10.6. The summed E-state index contributed by atoms with van der Waals surface area (Å²) in [5.74, 6) is 0. The Bertz CT molecular complexity index is 452. The molecule has 1 aliphatic rings. The van der Waals surface area contributed by atoms with E-state index >= 15 is 0 Å². The first-order valence-corrected chi connectivity index (χ1v) is 7.49. The molecule has 1 fully saturated rings. The lowest BCUT2D eigenvalue weighted by Gasteiger charge is -2.39. The molecule has 4 heteroatoms. The largest absolute Gasteiger partial charge is 0.395 e. The highest BCUT2D eigenvalue weighted by molar-refractivity contribution is 7.98. The third-order valence-corrected chi connectivity index (χ3v) is 4.28. The third kappa shape index (κ3) is 2.47. The fraction of sp³-hybridized carbons (Fsp3) is 0.500. The first-order valence-electron chi connectivity index (χ1n) is 6.26. The Morgan fingerprint density at radius 3 is 2.78 bits per heavy atom. The zero-order valence-corrected chi connectivity index (χ0v) is 11.4. The van der Waals surface area contributed by atoms with Gasteiger partial charge >= 0.3 is 0 Å². The SMILES string of the molecule is CSc1cccc(N(CCO)C2CCC2)c1C#N. The molecule has 0 aliphatic heterocycles. The molecule has 1 N–H and O–H groups in total. The van der Waals surface area contributed by atoms with Crippen molar-refractivity contribution in [2.45, 2.75) is 30.2 Å². The van der Waals surface area contributed by atoms with Gasteiger partial charge in [-0.25, -0.2) is 0 Å². The number of thioether (sulfide) groups is 1. The fourth-order valence-electron chi connectivity index (χ4n) is 2.35. The quantitative estimate of drug-likeness (QED) is 0.829. The maximum absolute atomic E-state index is 9.37. The van der Waals surface area contributed by atoms with Crippen LogP contribution in [0, 0.1) is 11.3 Å². The highest BCUT2D eigenvalue weighted by Gasteiger charge is 2.26.